The number of benzene rings is 2. The Balaban J connectivity index is 2.31. The summed E-state index contributed by atoms with van der Waals surface area (Å²) in [5, 5.41) is 1.16. The zero-order valence-corrected chi connectivity index (χ0v) is 12.3. The van der Waals surface area contributed by atoms with E-state index in [4.69, 9.17) is 33.7 Å². The van der Waals surface area contributed by atoms with Crippen molar-refractivity contribution in [2.75, 3.05) is 0 Å². The first-order valence-electron chi connectivity index (χ1n) is 5.96. The van der Waals surface area contributed by atoms with E-state index in [1.54, 1.807) is 6.07 Å². The first-order valence-corrected chi connectivity index (χ1v) is 6.72. The van der Waals surface area contributed by atoms with Gasteiger partial charge >= 0.3 is 0 Å². The monoisotopic (exact) mass is 295 g/mol. The minimum absolute atomic E-state index is 0.0561. The fraction of sp³-hybridized carbons (Fsp3) is 0.200. The summed E-state index contributed by atoms with van der Waals surface area (Å²) in [5.74, 6) is 1.29. The highest BCUT2D eigenvalue weighted by molar-refractivity contribution is 6.32. The molecule has 100 valence electrons. The second kappa shape index (κ2) is 5.83. The van der Waals surface area contributed by atoms with E-state index in [2.05, 4.69) is 0 Å². The van der Waals surface area contributed by atoms with Gasteiger partial charge in [0.05, 0.1) is 5.02 Å². The quantitative estimate of drug-likeness (QED) is 0.853. The van der Waals surface area contributed by atoms with Crippen LogP contribution in [0.15, 0.2) is 36.4 Å². The smallest absolute Gasteiger partial charge is 0.146 e. The molecule has 0 saturated carbocycles. The van der Waals surface area contributed by atoms with Crippen LogP contribution in [0, 0.1) is 6.92 Å². The van der Waals surface area contributed by atoms with E-state index >= 15 is 0 Å². The summed E-state index contributed by atoms with van der Waals surface area (Å²) in [4.78, 5) is 0. The number of halogens is 2. The van der Waals surface area contributed by atoms with Gasteiger partial charge in [-0.1, -0.05) is 35.3 Å². The zero-order chi connectivity index (χ0) is 14.0. The first kappa shape index (κ1) is 14.2. The van der Waals surface area contributed by atoms with E-state index in [0.717, 1.165) is 11.1 Å². The summed E-state index contributed by atoms with van der Waals surface area (Å²) < 4.78 is 5.80. The van der Waals surface area contributed by atoms with Gasteiger partial charge in [-0.2, -0.15) is 0 Å². The molecule has 2 nitrogen and oxygen atoms in total. The topological polar surface area (TPSA) is 35.2 Å². The molecule has 2 rings (SSSR count). The second-order valence-electron chi connectivity index (χ2n) is 4.49. The minimum Gasteiger partial charge on any atom is -0.455 e. The van der Waals surface area contributed by atoms with Gasteiger partial charge in [0.1, 0.15) is 11.5 Å². The Morgan fingerprint density at radius 1 is 1.05 bits per heavy atom. The summed E-state index contributed by atoms with van der Waals surface area (Å²) in [6, 6.07) is 11.0. The van der Waals surface area contributed by atoms with Crippen LogP contribution in [0.3, 0.4) is 0 Å². The highest BCUT2D eigenvalue weighted by Gasteiger charge is 2.08. The molecule has 2 N–H and O–H groups in total. The summed E-state index contributed by atoms with van der Waals surface area (Å²) in [5.41, 5.74) is 7.78. The highest BCUT2D eigenvalue weighted by Crippen LogP contribution is 2.33. The Morgan fingerprint density at radius 2 is 1.79 bits per heavy atom. The summed E-state index contributed by atoms with van der Waals surface area (Å²) in [6.45, 7) is 3.86. The van der Waals surface area contributed by atoms with Gasteiger partial charge in [-0.05, 0) is 49.2 Å². The maximum Gasteiger partial charge on any atom is 0.146 e. The van der Waals surface area contributed by atoms with Crippen molar-refractivity contribution >= 4 is 23.2 Å². The molecule has 2 aromatic rings. The van der Waals surface area contributed by atoms with Crippen molar-refractivity contribution in [2.45, 2.75) is 19.9 Å². The number of nitrogens with two attached hydrogens (primary N) is 1. The van der Waals surface area contributed by atoms with Crippen LogP contribution in [0.2, 0.25) is 10.0 Å². The molecule has 0 radical (unpaired) electrons. The molecule has 0 aliphatic rings. The zero-order valence-electron chi connectivity index (χ0n) is 10.8. The van der Waals surface area contributed by atoms with E-state index in [0.29, 0.717) is 21.5 Å². The van der Waals surface area contributed by atoms with Crippen molar-refractivity contribution < 1.29 is 4.74 Å². The van der Waals surface area contributed by atoms with Crippen LogP contribution < -0.4 is 10.5 Å². The Kier molecular flexibility index (Phi) is 4.35. The van der Waals surface area contributed by atoms with Gasteiger partial charge in [-0.15, -0.1) is 0 Å². The highest BCUT2D eigenvalue weighted by atomic mass is 35.5. The molecule has 0 aliphatic heterocycles. The molecule has 0 fully saturated rings. The molecular formula is C15H15Cl2NO. The van der Waals surface area contributed by atoms with Crippen LogP contribution in [-0.2, 0) is 0 Å². The predicted octanol–water partition coefficient (Wildman–Crippen LogP) is 5.11. The molecule has 0 unspecified atom stereocenters. The molecule has 1 atom stereocenters. The molecule has 0 bridgehead atoms. The maximum absolute atomic E-state index is 6.20. The van der Waals surface area contributed by atoms with Gasteiger partial charge < -0.3 is 10.5 Å². The van der Waals surface area contributed by atoms with E-state index in [9.17, 15) is 0 Å². The third-order valence-electron chi connectivity index (χ3n) is 2.85. The Bertz CT molecular complexity index is 597. The SMILES string of the molecule is Cc1ccc(Cl)cc1Oc1ccc([C@H](C)N)cc1Cl. The molecule has 4 heteroatoms. The van der Waals surface area contributed by atoms with Crippen LogP contribution in [0.1, 0.15) is 24.1 Å². The van der Waals surface area contributed by atoms with Crippen molar-refractivity contribution in [2.24, 2.45) is 5.73 Å². The van der Waals surface area contributed by atoms with Crippen LogP contribution >= 0.6 is 23.2 Å². The molecule has 0 aromatic heterocycles. The van der Waals surface area contributed by atoms with Gasteiger partial charge in [-0.3, -0.25) is 0 Å². The molecule has 19 heavy (non-hydrogen) atoms. The summed E-state index contributed by atoms with van der Waals surface area (Å²) in [7, 11) is 0. The van der Waals surface area contributed by atoms with E-state index in [1.807, 2.05) is 44.2 Å². The number of ether oxygens (including phenoxy) is 1. The van der Waals surface area contributed by atoms with Crippen molar-refractivity contribution in [1.29, 1.82) is 0 Å². The molecule has 0 saturated heterocycles. The largest absolute Gasteiger partial charge is 0.455 e. The first-order chi connectivity index (χ1) is 8.97. The van der Waals surface area contributed by atoms with Gasteiger partial charge in [0.15, 0.2) is 0 Å². The lowest BCUT2D eigenvalue weighted by atomic mass is 10.1. The van der Waals surface area contributed by atoms with Crippen molar-refractivity contribution in [3.8, 4) is 11.5 Å². The lowest BCUT2D eigenvalue weighted by molar-refractivity contribution is 0.479. The van der Waals surface area contributed by atoms with Gasteiger partial charge in [0.25, 0.3) is 0 Å². The van der Waals surface area contributed by atoms with E-state index in [-0.39, 0.29) is 6.04 Å². The van der Waals surface area contributed by atoms with Gasteiger partial charge in [0, 0.05) is 11.1 Å². The predicted molar refractivity (Wildman–Crippen MR) is 80.3 cm³/mol. The molecule has 0 aliphatic carbocycles. The number of aryl methyl sites for hydroxylation is 1. The van der Waals surface area contributed by atoms with E-state index in [1.165, 1.54) is 0 Å². The molecule has 2 aromatic carbocycles. The third-order valence-corrected chi connectivity index (χ3v) is 3.38. The number of rotatable bonds is 3. The fourth-order valence-corrected chi connectivity index (χ4v) is 2.08. The Morgan fingerprint density at radius 3 is 2.42 bits per heavy atom. The number of hydrogen-bond donors (Lipinski definition) is 1. The van der Waals surface area contributed by atoms with Crippen LogP contribution in [0.5, 0.6) is 11.5 Å². The summed E-state index contributed by atoms with van der Waals surface area (Å²) >= 11 is 12.2. The maximum atomic E-state index is 6.20. The van der Waals surface area contributed by atoms with Crippen LogP contribution in [0.25, 0.3) is 0 Å². The summed E-state index contributed by atoms with van der Waals surface area (Å²) in [6.07, 6.45) is 0. The normalized spacial score (nSPS) is 12.3. The lowest BCUT2D eigenvalue weighted by Crippen LogP contribution is -2.04. The van der Waals surface area contributed by atoms with Crippen molar-refractivity contribution in [1.82, 2.24) is 0 Å². The standard InChI is InChI=1S/C15H15Cl2NO/c1-9-3-5-12(16)8-15(9)19-14-6-4-11(10(2)18)7-13(14)17/h3-8,10H,18H2,1-2H3/t10-/m0/s1. The van der Waals surface area contributed by atoms with Gasteiger partial charge in [-0.25, -0.2) is 0 Å². The third kappa shape index (κ3) is 3.41. The molecular weight excluding hydrogens is 281 g/mol. The van der Waals surface area contributed by atoms with Gasteiger partial charge in [0.2, 0.25) is 0 Å². The van der Waals surface area contributed by atoms with Crippen LogP contribution in [-0.4, -0.2) is 0 Å². The molecule has 0 spiro atoms. The number of hydrogen-bond acceptors (Lipinski definition) is 2. The van der Waals surface area contributed by atoms with Crippen molar-refractivity contribution in [3.63, 3.8) is 0 Å². The Labute approximate surface area is 123 Å². The molecule has 0 amide bonds. The molecule has 0 heterocycles. The van der Waals surface area contributed by atoms with Crippen molar-refractivity contribution in [3.05, 3.63) is 57.6 Å². The van der Waals surface area contributed by atoms with Crippen LogP contribution in [0.4, 0.5) is 0 Å². The minimum atomic E-state index is -0.0561. The average Bonchev–Trinajstić information content (AvgIpc) is 2.36. The Hall–Kier alpha value is -1.22. The van der Waals surface area contributed by atoms with E-state index < -0.39 is 0 Å². The fourth-order valence-electron chi connectivity index (χ4n) is 1.69. The second-order valence-corrected chi connectivity index (χ2v) is 5.33. The average molecular weight is 296 g/mol. The lowest BCUT2D eigenvalue weighted by Gasteiger charge is -2.12.